The second-order valence-electron chi connectivity index (χ2n) is 8.61. The van der Waals surface area contributed by atoms with Crippen molar-refractivity contribution < 1.29 is 4.74 Å². The minimum atomic E-state index is 0.0222. The lowest BCUT2D eigenvalue weighted by Crippen LogP contribution is -2.32. The van der Waals surface area contributed by atoms with Crippen molar-refractivity contribution in [2.24, 2.45) is 5.41 Å². The smallest absolute Gasteiger partial charge is 0.194 e. The first-order valence-electron chi connectivity index (χ1n) is 10.3. The average Bonchev–Trinajstić information content (AvgIpc) is 2.72. The second kappa shape index (κ2) is 6.41. The van der Waals surface area contributed by atoms with Crippen LogP contribution in [0.5, 0.6) is 0 Å². The van der Waals surface area contributed by atoms with Gasteiger partial charge in [-0.3, -0.25) is 4.90 Å². The molecule has 2 aromatic carbocycles. The first-order chi connectivity index (χ1) is 13.6. The van der Waals surface area contributed by atoms with Crippen LogP contribution >= 0.6 is 0 Å². The van der Waals surface area contributed by atoms with E-state index in [4.69, 9.17) is 4.74 Å². The van der Waals surface area contributed by atoms with Crippen LogP contribution in [0.4, 0.5) is 0 Å². The van der Waals surface area contributed by atoms with E-state index >= 15 is 0 Å². The highest BCUT2D eigenvalue weighted by Gasteiger charge is 2.26. The lowest BCUT2D eigenvalue weighted by atomic mass is 9.86. The summed E-state index contributed by atoms with van der Waals surface area (Å²) in [5.74, 6) is 0.935. The Morgan fingerprint density at radius 1 is 0.929 bits per heavy atom. The molecule has 0 radical (unpaired) electrons. The van der Waals surface area contributed by atoms with E-state index < -0.39 is 0 Å². The molecule has 142 valence electrons. The molecule has 0 saturated heterocycles. The molecule has 0 aromatic heterocycles. The van der Waals surface area contributed by atoms with Crippen molar-refractivity contribution >= 4 is 11.8 Å². The minimum Gasteiger partial charge on any atom is -0.482 e. The van der Waals surface area contributed by atoms with E-state index in [1.165, 1.54) is 44.1 Å². The summed E-state index contributed by atoms with van der Waals surface area (Å²) in [4.78, 5) is 2.26. The van der Waals surface area contributed by atoms with Crippen LogP contribution in [0.2, 0.25) is 0 Å². The summed E-state index contributed by atoms with van der Waals surface area (Å²) in [7, 11) is 1.77. The van der Waals surface area contributed by atoms with Gasteiger partial charge in [0.1, 0.15) is 0 Å². The lowest BCUT2D eigenvalue weighted by Gasteiger charge is -2.34. The van der Waals surface area contributed by atoms with E-state index in [0.717, 1.165) is 25.1 Å². The van der Waals surface area contributed by atoms with E-state index in [1.807, 2.05) is 0 Å². The molecule has 0 saturated carbocycles. The third-order valence-electron chi connectivity index (χ3n) is 6.25. The summed E-state index contributed by atoms with van der Waals surface area (Å²) in [6.07, 6.45) is 13.5. The predicted molar refractivity (Wildman–Crippen MR) is 114 cm³/mol. The molecule has 2 aliphatic carbocycles. The Balaban J connectivity index is 1.77. The van der Waals surface area contributed by atoms with Crippen LogP contribution in [-0.2, 0) is 17.6 Å². The summed E-state index contributed by atoms with van der Waals surface area (Å²) in [5, 5.41) is 5.54. The van der Waals surface area contributed by atoms with Gasteiger partial charge in [-0.25, -0.2) is 0 Å². The van der Waals surface area contributed by atoms with Gasteiger partial charge in [0.2, 0.25) is 0 Å². The molecular formula is C26H27NO. The zero-order chi connectivity index (χ0) is 19.3. The molecule has 0 bridgehead atoms. The topological polar surface area (TPSA) is 12.5 Å². The number of methoxy groups -OCH3 is 1. The predicted octanol–water partition coefficient (Wildman–Crippen LogP) is 4.10. The van der Waals surface area contributed by atoms with Gasteiger partial charge in [-0.05, 0) is 63.8 Å². The standard InChI is InChI=1S/C26H27NO/c1-26(2)15-16-27(25(17-26)28-3)24-10-6-9-20-22-12-11-18-7-4-5-8-19(18)21(22)13-14-23(20)24/h4-5,7-8,11,13-17H,6,9-10,12H2,1-3H3. The van der Waals surface area contributed by atoms with Gasteiger partial charge in [0, 0.05) is 17.3 Å². The fourth-order valence-corrected chi connectivity index (χ4v) is 4.84. The van der Waals surface area contributed by atoms with Gasteiger partial charge in [-0.15, -0.1) is 0 Å². The number of nitrogens with zero attached hydrogens (tertiary/aromatic N) is 1. The number of benzene rings is 2. The largest absolute Gasteiger partial charge is 0.482 e. The van der Waals surface area contributed by atoms with E-state index in [9.17, 15) is 0 Å². The molecule has 0 atom stereocenters. The maximum Gasteiger partial charge on any atom is 0.194 e. The Hall–Kier alpha value is -2.74. The molecule has 1 aliphatic heterocycles. The van der Waals surface area contributed by atoms with E-state index in [0.29, 0.717) is 0 Å². The molecule has 1 heterocycles. The zero-order valence-corrected chi connectivity index (χ0v) is 17.0. The van der Waals surface area contributed by atoms with Gasteiger partial charge in [-0.2, -0.15) is 0 Å². The number of hydrogen-bond acceptors (Lipinski definition) is 2. The third-order valence-corrected chi connectivity index (χ3v) is 6.25. The van der Waals surface area contributed by atoms with Gasteiger partial charge in [0.05, 0.1) is 7.11 Å². The normalized spacial score (nSPS) is 19.2. The maximum absolute atomic E-state index is 5.78. The Kier molecular flexibility index (Phi) is 3.97. The Morgan fingerprint density at radius 3 is 2.61 bits per heavy atom. The first-order valence-corrected chi connectivity index (χ1v) is 10.3. The summed E-state index contributed by atoms with van der Waals surface area (Å²) >= 11 is 0. The van der Waals surface area contributed by atoms with Crippen LogP contribution in [0.15, 0.2) is 60.6 Å². The van der Waals surface area contributed by atoms with Gasteiger partial charge in [0.25, 0.3) is 0 Å². The second-order valence-corrected chi connectivity index (χ2v) is 8.61. The molecule has 2 nitrogen and oxygen atoms in total. The minimum absolute atomic E-state index is 0.0222. The summed E-state index contributed by atoms with van der Waals surface area (Å²) < 4.78 is 5.78. The average molecular weight is 370 g/mol. The van der Waals surface area contributed by atoms with Gasteiger partial charge in [0.15, 0.2) is 5.88 Å². The summed E-state index contributed by atoms with van der Waals surface area (Å²) in [6.45, 7) is 4.42. The van der Waals surface area contributed by atoms with Crippen LogP contribution in [0, 0.1) is 15.9 Å². The van der Waals surface area contributed by atoms with Crippen molar-refractivity contribution in [1.29, 1.82) is 0 Å². The van der Waals surface area contributed by atoms with Gasteiger partial charge >= 0.3 is 0 Å². The van der Waals surface area contributed by atoms with E-state index in [2.05, 4.69) is 79.6 Å². The maximum atomic E-state index is 5.78. The number of rotatable bonds is 2. The monoisotopic (exact) mass is 369 g/mol. The van der Waals surface area contributed by atoms with Crippen LogP contribution in [0.1, 0.15) is 37.8 Å². The fraction of sp³-hybridized carbons (Fsp3) is 0.308. The van der Waals surface area contributed by atoms with Crippen molar-refractivity contribution in [3.8, 4) is 0 Å². The highest BCUT2D eigenvalue weighted by molar-refractivity contribution is 5.55. The molecular weight excluding hydrogens is 342 g/mol. The SMILES string of the molecule is COC1=CC(C)(C)C=CN1C1=c2ccc3c(c2CCC1)CC=c1ccccc1=3. The van der Waals surface area contributed by atoms with E-state index in [1.54, 1.807) is 7.11 Å². The molecule has 0 fully saturated rings. The lowest BCUT2D eigenvalue weighted by molar-refractivity contribution is 0.207. The quantitative estimate of drug-likeness (QED) is 0.790. The van der Waals surface area contributed by atoms with Crippen molar-refractivity contribution in [2.45, 2.75) is 39.5 Å². The highest BCUT2D eigenvalue weighted by Crippen LogP contribution is 2.33. The van der Waals surface area contributed by atoms with Crippen molar-refractivity contribution in [3.63, 3.8) is 0 Å². The molecule has 2 aromatic rings. The molecule has 3 aliphatic rings. The number of fused-ring (bicyclic) bond motifs is 4. The van der Waals surface area contributed by atoms with Gasteiger partial charge in [-0.1, -0.05) is 62.4 Å². The van der Waals surface area contributed by atoms with Crippen LogP contribution in [-0.4, -0.2) is 12.0 Å². The molecule has 28 heavy (non-hydrogen) atoms. The molecule has 0 unspecified atom stereocenters. The van der Waals surface area contributed by atoms with Crippen LogP contribution < -0.4 is 10.4 Å². The molecule has 0 spiro atoms. The number of hydrogen-bond donors (Lipinski definition) is 0. The zero-order valence-electron chi connectivity index (χ0n) is 17.0. The Labute approximate surface area is 166 Å². The molecule has 5 rings (SSSR count). The van der Waals surface area contributed by atoms with E-state index in [-0.39, 0.29) is 5.41 Å². The first kappa shape index (κ1) is 17.4. The molecule has 0 amide bonds. The van der Waals surface area contributed by atoms with Gasteiger partial charge < -0.3 is 4.74 Å². The number of ether oxygens (including phenoxy) is 1. The Bertz CT molecular complexity index is 1230. The van der Waals surface area contributed by atoms with Crippen molar-refractivity contribution in [1.82, 2.24) is 4.90 Å². The Morgan fingerprint density at radius 2 is 1.75 bits per heavy atom. The molecule has 0 N–H and O–H groups in total. The fourth-order valence-electron chi connectivity index (χ4n) is 4.84. The molecule has 2 heteroatoms. The summed E-state index contributed by atoms with van der Waals surface area (Å²) in [6, 6.07) is 13.4. The number of allylic oxidation sites excluding steroid dienone is 2. The van der Waals surface area contributed by atoms with Crippen LogP contribution in [0.3, 0.4) is 0 Å². The van der Waals surface area contributed by atoms with Crippen molar-refractivity contribution in [3.05, 3.63) is 92.6 Å². The van der Waals surface area contributed by atoms with Crippen LogP contribution in [0.25, 0.3) is 11.8 Å². The highest BCUT2D eigenvalue weighted by atomic mass is 16.5. The summed E-state index contributed by atoms with van der Waals surface area (Å²) in [5.41, 5.74) is 4.42. The third kappa shape index (κ3) is 2.71. The van der Waals surface area contributed by atoms with Crippen molar-refractivity contribution in [2.75, 3.05) is 7.11 Å².